The van der Waals surface area contributed by atoms with Gasteiger partial charge < -0.3 is 20.2 Å². The third-order valence-corrected chi connectivity index (χ3v) is 8.03. The van der Waals surface area contributed by atoms with Crippen LogP contribution in [-0.4, -0.2) is 41.1 Å². The van der Waals surface area contributed by atoms with Gasteiger partial charge in [-0.05, 0) is 79.0 Å². The summed E-state index contributed by atoms with van der Waals surface area (Å²) in [7, 11) is 0. The van der Waals surface area contributed by atoms with Gasteiger partial charge in [0.1, 0.15) is 0 Å². The van der Waals surface area contributed by atoms with Gasteiger partial charge in [-0.3, -0.25) is 4.79 Å². The first-order valence-corrected chi connectivity index (χ1v) is 12.6. The molecule has 0 radical (unpaired) electrons. The first-order chi connectivity index (χ1) is 16.9. The minimum atomic E-state index is -0.849. The number of carbonyl (C=O) groups is 2. The molecule has 7 nitrogen and oxygen atoms in total. The number of likely N-dealkylation sites (tertiary alicyclic amines) is 1. The maximum atomic E-state index is 12.9. The zero-order valence-corrected chi connectivity index (χ0v) is 20.3. The van der Waals surface area contributed by atoms with Crippen LogP contribution in [0.3, 0.4) is 0 Å². The predicted molar refractivity (Wildman–Crippen MR) is 134 cm³/mol. The van der Waals surface area contributed by atoms with E-state index in [4.69, 9.17) is 5.26 Å². The maximum absolute atomic E-state index is 12.9. The molecule has 2 heterocycles. The lowest BCUT2D eigenvalue weighted by molar-refractivity contribution is -0.117. The molecule has 1 saturated carbocycles. The molecule has 2 aromatic carbocycles. The standard InChI is InChI=1S/C28H32N4O3/c1-17-26(30-23-8-3-19(16-29)4-9-23)24-15-22(20-11-13-31(14-12-20)28(34)35)7-10-25(24)32(18(2)33)27(17)21-5-6-21/h3-4,7-10,15,17,20-21,26-27,30H,5-6,11-14H2,1-2H3,(H,34,35)/t17-,26-,27-/m1/s1. The van der Waals surface area contributed by atoms with Gasteiger partial charge in [-0.15, -0.1) is 0 Å². The van der Waals surface area contributed by atoms with Crippen molar-refractivity contribution in [1.82, 2.24) is 4.90 Å². The Hall–Kier alpha value is -3.53. The lowest BCUT2D eigenvalue weighted by Gasteiger charge is -2.46. The van der Waals surface area contributed by atoms with Crippen LogP contribution in [0, 0.1) is 23.2 Å². The Morgan fingerprint density at radius 2 is 1.74 bits per heavy atom. The molecule has 2 fully saturated rings. The number of nitriles is 1. The van der Waals surface area contributed by atoms with E-state index < -0.39 is 6.09 Å². The molecule has 2 aromatic rings. The van der Waals surface area contributed by atoms with Crippen LogP contribution >= 0.6 is 0 Å². The summed E-state index contributed by atoms with van der Waals surface area (Å²) >= 11 is 0. The number of hydrogen-bond donors (Lipinski definition) is 2. The van der Waals surface area contributed by atoms with Gasteiger partial charge in [-0.25, -0.2) is 4.79 Å². The first-order valence-electron chi connectivity index (χ1n) is 12.6. The average molecular weight is 473 g/mol. The van der Waals surface area contributed by atoms with Crippen LogP contribution in [-0.2, 0) is 4.79 Å². The molecule has 0 spiro atoms. The van der Waals surface area contributed by atoms with Gasteiger partial charge in [-0.2, -0.15) is 5.26 Å². The number of rotatable bonds is 4. The van der Waals surface area contributed by atoms with Crippen LogP contribution in [0.1, 0.15) is 68.2 Å². The summed E-state index contributed by atoms with van der Waals surface area (Å²) in [6.07, 6.45) is 3.05. The van der Waals surface area contributed by atoms with Crippen LogP contribution in [0.5, 0.6) is 0 Å². The van der Waals surface area contributed by atoms with Crippen LogP contribution in [0.4, 0.5) is 16.2 Å². The van der Waals surface area contributed by atoms with Gasteiger partial charge in [0.05, 0.1) is 17.7 Å². The highest BCUT2D eigenvalue weighted by Crippen LogP contribution is 2.50. The molecule has 35 heavy (non-hydrogen) atoms. The number of benzene rings is 2. The van der Waals surface area contributed by atoms with Gasteiger partial charge in [0, 0.05) is 43.3 Å². The molecule has 1 saturated heterocycles. The molecule has 2 amide bonds. The summed E-state index contributed by atoms with van der Waals surface area (Å²) in [4.78, 5) is 27.7. The summed E-state index contributed by atoms with van der Waals surface area (Å²) in [6.45, 7) is 4.99. The quantitative estimate of drug-likeness (QED) is 0.625. The minimum absolute atomic E-state index is 0.0261. The second kappa shape index (κ2) is 9.26. The molecular formula is C28H32N4O3. The van der Waals surface area contributed by atoms with Crippen molar-refractivity contribution in [1.29, 1.82) is 5.26 Å². The largest absolute Gasteiger partial charge is 0.465 e. The number of fused-ring (bicyclic) bond motifs is 1. The van der Waals surface area contributed by atoms with Crippen molar-refractivity contribution in [3.8, 4) is 6.07 Å². The number of carbonyl (C=O) groups excluding carboxylic acids is 1. The number of anilines is 2. The number of hydrogen-bond acceptors (Lipinski definition) is 4. The molecular weight excluding hydrogens is 440 g/mol. The summed E-state index contributed by atoms with van der Waals surface area (Å²) in [5, 5.41) is 22.2. The lowest BCUT2D eigenvalue weighted by atomic mass is 9.78. The fraction of sp³-hybridized carbons (Fsp3) is 0.464. The van der Waals surface area contributed by atoms with E-state index in [1.54, 1.807) is 6.92 Å². The average Bonchev–Trinajstić information content (AvgIpc) is 3.70. The second-order valence-electron chi connectivity index (χ2n) is 10.2. The van der Waals surface area contributed by atoms with Gasteiger partial charge in [-0.1, -0.05) is 19.1 Å². The molecule has 0 bridgehead atoms. The van der Waals surface area contributed by atoms with E-state index in [1.807, 2.05) is 29.2 Å². The molecule has 0 aromatic heterocycles. The van der Waals surface area contributed by atoms with Crippen LogP contribution in [0.2, 0.25) is 0 Å². The molecule has 1 aliphatic carbocycles. The number of nitrogens with one attached hydrogen (secondary N) is 1. The third-order valence-electron chi connectivity index (χ3n) is 8.03. The van der Waals surface area contributed by atoms with Crippen molar-refractivity contribution in [2.75, 3.05) is 23.3 Å². The van der Waals surface area contributed by atoms with E-state index in [9.17, 15) is 14.7 Å². The summed E-state index contributed by atoms with van der Waals surface area (Å²) < 4.78 is 0. The predicted octanol–water partition coefficient (Wildman–Crippen LogP) is 5.35. The Labute approximate surface area is 206 Å². The van der Waals surface area contributed by atoms with Crippen LogP contribution in [0.25, 0.3) is 0 Å². The van der Waals surface area contributed by atoms with Gasteiger partial charge in [0.15, 0.2) is 0 Å². The van der Waals surface area contributed by atoms with Crippen LogP contribution in [0.15, 0.2) is 42.5 Å². The fourth-order valence-electron chi connectivity index (χ4n) is 6.06. The van der Waals surface area contributed by atoms with Crippen molar-refractivity contribution in [3.63, 3.8) is 0 Å². The zero-order valence-electron chi connectivity index (χ0n) is 20.3. The number of carboxylic acid groups (broad SMARTS) is 1. The van der Waals surface area contributed by atoms with E-state index in [2.05, 4.69) is 36.5 Å². The highest BCUT2D eigenvalue weighted by Gasteiger charge is 2.47. The van der Waals surface area contributed by atoms with E-state index >= 15 is 0 Å². The van der Waals surface area contributed by atoms with E-state index in [1.165, 1.54) is 10.5 Å². The molecule has 2 aliphatic heterocycles. The SMILES string of the molecule is CC(=O)N1c2ccc(C3CCN(C(=O)O)CC3)cc2[C@H](Nc2ccc(C#N)cc2)[C@@H](C)[C@@H]1C1CC1. The Morgan fingerprint density at radius 1 is 1.06 bits per heavy atom. The van der Waals surface area contributed by atoms with E-state index in [0.29, 0.717) is 30.5 Å². The number of nitrogens with zero attached hydrogens (tertiary/aromatic N) is 3. The highest BCUT2D eigenvalue weighted by atomic mass is 16.4. The highest BCUT2D eigenvalue weighted by molar-refractivity contribution is 5.94. The normalized spacial score (nSPS) is 24.4. The van der Waals surface area contributed by atoms with Crippen molar-refractivity contribution in [3.05, 3.63) is 59.2 Å². The Balaban J connectivity index is 1.51. The smallest absolute Gasteiger partial charge is 0.407 e. The van der Waals surface area contributed by atoms with Crippen molar-refractivity contribution in [2.45, 2.75) is 57.5 Å². The summed E-state index contributed by atoms with van der Waals surface area (Å²) in [5.41, 5.74) is 4.89. The molecule has 182 valence electrons. The lowest BCUT2D eigenvalue weighted by Crippen LogP contribution is -2.51. The molecule has 2 N–H and O–H groups in total. The third kappa shape index (κ3) is 4.45. The Morgan fingerprint density at radius 3 is 2.31 bits per heavy atom. The van der Waals surface area contributed by atoms with Crippen molar-refractivity contribution >= 4 is 23.4 Å². The fourth-order valence-corrected chi connectivity index (χ4v) is 6.06. The van der Waals surface area contributed by atoms with E-state index in [0.717, 1.165) is 42.6 Å². The number of piperidine rings is 1. The maximum Gasteiger partial charge on any atom is 0.407 e. The van der Waals surface area contributed by atoms with Gasteiger partial charge in [0.2, 0.25) is 5.91 Å². The number of amides is 2. The Bertz CT molecular complexity index is 1160. The monoisotopic (exact) mass is 472 g/mol. The second-order valence-corrected chi connectivity index (χ2v) is 10.2. The van der Waals surface area contributed by atoms with Crippen LogP contribution < -0.4 is 10.2 Å². The molecule has 3 aliphatic rings. The van der Waals surface area contributed by atoms with Gasteiger partial charge in [0.25, 0.3) is 0 Å². The molecule has 7 heteroatoms. The summed E-state index contributed by atoms with van der Waals surface area (Å²) in [5.74, 6) is 1.11. The molecule has 3 atom stereocenters. The van der Waals surface area contributed by atoms with Crippen molar-refractivity contribution in [2.24, 2.45) is 11.8 Å². The Kier molecular flexibility index (Phi) is 6.14. The van der Waals surface area contributed by atoms with E-state index in [-0.39, 0.29) is 23.9 Å². The minimum Gasteiger partial charge on any atom is -0.465 e. The molecule has 0 unspecified atom stereocenters. The molecule has 5 rings (SSSR count). The zero-order chi connectivity index (χ0) is 24.7. The van der Waals surface area contributed by atoms with Crippen molar-refractivity contribution < 1.29 is 14.7 Å². The first kappa shape index (κ1) is 23.2. The topological polar surface area (TPSA) is 96.7 Å². The summed E-state index contributed by atoms with van der Waals surface area (Å²) in [6, 6.07) is 16.4. The van der Waals surface area contributed by atoms with Gasteiger partial charge >= 0.3 is 6.09 Å².